The highest BCUT2D eigenvalue weighted by molar-refractivity contribution is 5.78. The van der Waals surface area contributed by atoms with Crippen LogP contribution < -0.4 is 5.32 Å². The highest BCUT2D eigenvalue weighted by atomic mass is 16.6. The molecule has 0 saturated carbocycles. The third kappa shape index (κ3) is 2.27. The number of ether oxygens (including phenoxy) is 1. The number of carbonyl (C=O) groups is 1. The van der Waals surface area contributed by atoms with Crippen molar-refractivity contribution in [3.05, 3.63) is 35.9 Å². The zero-order chi connectivity index (χ0) is 13.5. The molecule has 2 unspecified atom stereocenters. The van der Waals surface area contributed by atoms with E-state index in [1.54, 1.807) is 0 Å². The summed E-state index contributed by atoms with van der Waals surface area (Å²) in [5.41, 5.74) is 0.716. The van der Waals surface area contributed by atoms with E-state index in [0.717, 1.165) is 25.8 Å². The lowest BCUT2D eigenvalue weighted by Crippen LogP contribution is -2.47. The molecule has 3 rings (SSSR count). The molecular formula is C16H21NO2. The van der Waals surface area contributed by atoms with Gasteiger partial charge in [0.1, 0.15) is 5.60 Å². The van der Waals surface area contributed by atoms with Crippen LogP contribution in [0.2, 0.25) is 0 Å². The van der Waals surface area contributed by atoms with E-state index < -0.39 is 0 Å². The maximum Gasteiger partial charge on any atom is 0.312 e. The van der Waals surface area contributed by atoms with Crippen molar-refractivity contribution in [1.82, 2.24) is 5.32 Å². The zero-order valence-corrected chi connectivity index (χ0v) is 11.6. The van der Waals surface area contributed by atoms with Gasteiger partial charge in [-0.2, -0.15) is 0 Å². The summed E-state index contributed by atoms with van der Waals surface area (Å²) >= 11 is 0. The lowest BCUT2D eigenvalue weighted by atomic mass is 9.78. The normalized spacial score (nSPS) is 33.4. The molecule has 2 saturated heterocycles. The number of piperidine rings is 1. The molecule has 3 heteroatoms. The molecule has 2 aliphatic heterocycles. The van der Waals surface area contributed by atoms with Crippen LogP contribution in [0.4, 0.5) is 0 Å². The van der Waals surface area contributed by atoms with Crippen LogP contribution in [0.1, 0.15) is 44.7 Å². The first-order valence-electron chi connectivity index (χ1n) is 7.03. The first-order chi connectivity index (χ1) is 9.01. The van der Waals surface area contributed by atoms with Crippen LogP contribution in [-0.4, -0.2) is 18.1 Å². The molecule has 2 aliphatic rings. The maximum absolute atomic E-state index is 11.9. The van der Waals surface area contributed by atoms with Crippen LogP contribution in [0, 0.1) is 5.41 Å². The summed E-state index contributed by atoms with van der Waals surface area (Å²) in [5, 5.41) is 3.55. The van der Waals surface area contributed by atoms with Gasteiger partial charge in [-0.3, -0.25) is 4.79 Å². The molecule has 2 atom stereocenters. The summed E-state index contributed by atoms with van der Waals surface area (Å²) in [4.78, 5) is 11.9. The Labute approximate surface area is 114 Å². The quantitative estimate of drug-likeness (QED) is 0.788. The fourth-order valence-electron chi connectivity index (χ4n) is 3.36. The van der Waals surface area contributed by atoms with E-state index in [4.69, 9.17) is 4.74 Å². The number of esters is 1. The molecular weight excluding hydrogens is 238 g/mol. The Kier molecular flexibility index (Phi) is 2.90. The molecule has 2 heterocycles. The third-order valence-electron chi connectivity index (χ3n) is 4.39. The Morgan fingerprint density at radius 2 is 2.00 bits per heavy atom. The molecule has 3 nitrogen and oxygen atoms in total. The van der Waals surface area contributed by atoms with Crippen LogP contribution >= 0.6 is 0 Å². The molecule has 0 aliphatic carbocycles. The minimum absolute atomic E-state index is 0.0486. The van der Waals surface area contributed by atoms with Crippen molar-refractivity contribution in [2.24, 2.45) is 5.41 Å². The van der Waals surface area contributed by atoms with E-state index in [1.165, 1.54) is 5.56 Å². The van der Waals surface area contributed by atoms with Gasteiger partial charge in [-0.25, -0.2) is 0 Å². The van der Waals surface area contributed by atoms with Crippen LogP contribution in [0.15, 0.2) is 30.3 Å². The fraction of sp³-hybridized carbons (Fsp3) is 0.562. The van der Waals surface area contributed by atoms with Crippen molar-refractivity contribution in [3.63, 3.8) is 0 Å². The van der Waals surface area contributed by atoms with Gasteiger partial charge in [-0.05, 0) is 32.3 Å². The van der Waals surface area contributed by atoms with E-state index in [9.17, 15) is 4.79 Å². The predicted octanol–water partition coefficient (Wildman–Crippen LogP) is 2.82. The van der Waals surface area contributed by atoms with E-state index in [0.29, 0.717) is 6.04 Å². The first kappa shape index (κ1) is 12.7. The molecule has 1 spiro atoms. The number of hydrogen-bond acceptors (Lipinski definition) is 3. The third-order valence-corrected chi connectivity index (χ3v) is 4.39. The summed E-state index contributed by atoms with van der Waals surface area (Å²) in [7, 11) is 0. The predicted molar refractivity (Wildman–Crippen MR) is 73.6 cm³/mol. The van der Waals surface area contributed by atoms with Crippen LogP contribution in [0.3, 0.4) is 0 Å². The smallest absolute Gasteiger partial charge is 0.312 e. The summed E-state index contributed by atoms with van der Waals surface area (Å²) < 4.78 is 5.69. The van der Waals surface area contributed by atoms with Gasteiger partial charge in [0.15, 0.2) is 0 Å². The van der Waals surface area contributed by atoms with Crippen molar-refractivity contribution in [2.45, 2.75) is 44.8 Å². The van der Waals surface area contributed by atoms with Crippen molar-refractivity contribution in [3.8, 4) is 0 Å². The second-order valence-electron chi connectivity index (χ2n) is 6.52. The van der Waals surface area contributed by atoms with Crippen molar-refractivity contribution < 1.29 is 9.53 Å². The second-order valence-corrected chi connectivity index (χ2v) is 6.52. The van der Waals surface area contributed by atoms with Gasteiger partial charge in [-0.1, -0.05) is 30.3 Å². The minimum Gasteiger partial charge on any atom is -0.457 e. The molecule has 102 valence electrons. The number of benzene rings is 1. The lowest BCUT2D eigenvalue weighted by molar-refractivity contribution is -0.154. The SMILES string of the molecule is CC1(C)CC2(CCC(c3ccccc3)NC2)OC1=O. The monoisotopic (exact) mass is 259 g/mol. The molecule has 1 N–H and O–H groups in total. The zero-order valence-electron chi connectivity index (χ0n) is 11.6. The summed E-state index contributed by atoms with van der Waals surface area (Å²) in [6.45, 7) is 4.72. The van der Waals surface area contributed by atoms with Crippen LogP contribution in [0.25, 0.3) is 0 Å². The molecule has 0 aromatic heterocycles. The van der Waals surface area contributed by atoms with Gasteiger partial charge in [-0.15, -0.1) is 0 Å². The van der Waals surface area contributed by atoms with E-state index in [2.05, 4.69) is 29.6 Å². The summed E-state index contributed by atoms with van der Waals surface area (Å²) in [6, 6.07) is 10.9. The summed E-state index contributed by atoms with van der Waals surface area (Å²) in [6.07, 6.45) is 2.80. The van der Waals surface area contributed by atoms with Crippen LogP contribution in [0.5, 0.6) is 0 Å². The number of nitrogens with one attached hydrogen (secondary N) is 1. The van der Waals surface area contributed by atoms with Gasteiger partial charge in [0.2, 0.25) is 0 Å². The van der Waals surface area contributed by atoms with Crippen molar-refractivity contribution >= 4 is 5.97 Å². The molecule has 1 aromatic rings. The van der Waals surface area contributed by atoms with E-state index in [-0.39, 0.29) is 17.0 Å². The Morgan fingerprint density at radius 1 is 1.26 bits per heavy atom. The molecule has 0 radical (unpaired) electrons. The molecule has 0 bridgehead atoms. The highest BCUT2D eigenvalue weighted by Crippen LogP contribution is 2.45. The lowest BCUT2D eigenvalue weighted by Gasteiger charge is -2.37. The average Bonchev–Trinajstić information content (AvgIpc) is 2.61. The molecule has 2 fully saturated rings. The number of rotatable bonds is 1. The molecule has 1 aromatic carbocycles. The van der Waals surface area contributed by atoms with Gasteiger partial charge in [0.05, 0.1) is 5.41 Å². The largest absolute Gasteiger partial charge is 0.457 e. The van der Waals surface area contributed by atoms with Gasteiger partial charge < -0.3 is 10.1 Å². The average molecular weight is 259 g/mol. The fourth-order valence-corrected chi connectivity index (χ4v) is 3.36. The highest BCUT2D eigenvalue weighted by Gasteiger charge is 2.52. The standard InChI is InChI=1S/C16H21NO2/c1-15(2)10-16(19-14(15)18)9-8-13(17-11-16)12-6-4-3-5-7-12/h3-7,13,17H,8-11H2,1-2H3. The van der Waals surface area contributed by atoms with Crippen LogP contribution in [-0.2, 0) is 9.53 Å². The first-order valence-corrected chi connectivity index (χ1v) is 7.03. The Balaban J connectivity index is 1.69. The van der Waals surface area contributed by atoms with Crippen molar-refractivity contribution in [2.75, 3.05) is 6.54 Å². The summed E-state index contributed by atoms with van der Waals surface area (Å²) in [5.74, 6) is -0.0486. The Bertz CT molecular complexity index is 473. The number of hydrogen-bond donors (Lipinski definition) is 1. The number of carbonyl (C=O) groups excluding carboxylic acids is 1. The minimum atomic E-state index is -0.332. The van der Waals surface area contributed by atoms with E-state index in [1.807, 2.05) is 19.9 Å². The van der Waals surface area contributed by atoms with Gasteiger partial charge in [0.25, 0.3) is 0 Å². The topological polar surface area (TPSA) is 38.3 Å². The maximum atomic E-state index is 11.9. The Hall–Kier alpha value is -1.35. The molecule has 0 amide bonds. The second kappa shape index (κ2) is 4.34. The van der Waals surface area contributed by atoms with Gasteiger partial charge in [0, 0.05) is 19.0 Å². The Morgan fingerprint density at radius 3 is 2.53 bits per heavy atom. The van der Waals surface area contributed by atoms with Gasteiger partial charge >= 0.3 is 5.97 Å². The van der Waals surface area contributed by atoms with Crippen molar-refractivity contribution in [1.29, 1.82) is 0 Å². The molecule has 19 heavy (non-hydrogen) atoms. The van der Waals surface area contributed by atoms with E-state index >= 15 is 0 Å².